The molecule has 0 bridgehead atoms. The van der Waals surface area contributed by atoms with Crippen molar-refractivity contribution in [3.05, 3.63) is 24.3 Å². The molecule has 8 atom stereocenters. The van der Waals surface area contributed by atoms with Crippen LogP contribution in [-0.2, 0) is 32.7 Å². The van der Waals surface area contributed by atoms with Crippen molar-refractivity contribution < 1.29 is 63.1 Å². The van der Waals surface area contributed by atoms with Crippen LogP contribution in [0.1, 0.15) is 245 Å². The number of carbonyl (C=O) groups is 2. The van der Waals surface area contributed by atoms with Gasteiger partial charge in [-0.05, 0) is 44.9 Å². The number of phosphoric acid groups is 1. The van der Waals surface area contributed by atoms with Crippen LogP contribution < -0.4 is 0 Å². The molecule has 0 saturated heterocycles. The quantitative estimate of drug-likeness (QED) is 0.0145. The zero-order chi connectivity index (χ0) is 49.2. The molecular weight excluding hydrogens is 876 g/mol. The summed E-state index contributed by atoms with van der Waals surface area (Å²) in [6, 6.07) is 0. The molecule has 0 spiro atoms. The average Bonchev–Trinajstić information content (AvgIpc) is 3.31. The largest absolute Gasteiger partial charge is 0.472 e. The lowest BCUT2D eigenvalue weighted by molar-refractivity contribution is -0.220. The molecular formula is C53H99O13P. The molecule has 1 aliphatic rings. The van der Waals surface area contributed by atoms with Gasteiger partial charge in [0, 0.05) is 12.8 Å². The van der Waals surface area contributed by atoms with Crippen LogP contribution in [0.3, 0.4) is 0 Å². The van der Waals surface area contributed by atoms with Crippen LogP contribution >= 0.6 is 7.82 Å². The second-order valence-electron chi connectivity index (χ2n) is 19.1. The van der Waals surface area contributed by atoms with Gasteiger partial charge >= 0.3 is 19.8 Å². The molecule has 6 unspecified atom stereocenters. The van der Waals surface area contributed by atoms with E-state index in [9.17, 15) is 44.6 Å². The maximum Gasteiger partial charge on any atom is 0.472 e. The highest BCUT2D eigenvalue weighted by Gasteiger charge is 2.51. The lowest BCUT2D eigenvalue weighted by atomic mass is 9.85. The summed E-state index contributed by atoms with van der Waals surface area (Å²) < 4.78 is 33.6. The smallest absolute Gasteiger partial charge is 0.462 e. The first-order valence-electron chi connectivity index (χ1n) is 27.1. The number of rotatable bonds is 46. The van der Waals surface area contributed by atoms with E-state index in [4.69, 9.17) is 18.5 Å². The van der Waals surface area contributed by atoms with Crippen molar-refractivity contribution >= 4 is 19.8 Å². The van der Waals surface area contributed by atoms with Crippen molar-refractivity contribution in [2.45, 2.75) is 288 Å². The summed E-state index contributed by atoms with van der Waals surface area (Å²) in [7, 11) is -5.13. The Kier molecular flexibility index (Phi) is 40.8. The molecule has 0 heterocycles. The third kappa shape index (κ3) is 35.1. The summed E-state index contributed by atoms with van der Waals surface area (Å²) in [5, 5.41) is 50.3. The van der Waals surface area contributed by atoms with Crippen molar-refractivity contribution in [1.82, 2.24) is 0 Å². The van der Waals surface area contributed by atoms with Gasteiger partial charge in [0.25, 0.3) is 0 Å². The number of hydrogen-bond donors (Lipinski definition) is 6. The molecule has 14 heteroatoms. The molecule has 394 valence electrons. The van der Waals surface area contributed by atoms with Gasteiger partial charge in [-0.25, -0.2) is 4.57 Å². The molecule has 1 aliphatic carbocycles. The Labute approximate surface area is 406 Å². The second-order valence-corrected chi connectivity index (χ2v) is 20.5. The van der Waals surface area contributed by atoms with E-state index in [1.807, 2.05) is 12.2 Å². The van der Waals surface area contributed by atoms with E-state index in [1.54, 1.807) is 0 Å². The van der Waals surface area contributed by atoms with Crippen molar-refractivity contribution in [3.8, 4) is 0 Å². The SMILES string of the molecule is CCCCCCCCCCCCC/C=C/CCC(=O)O[C@@H](COC(=O)CCC/C=C/CCCCCCCCCCCCCCCCCCCC)COP(=O)(O)OC1C(O)C(O)C(O)[C@H](O)C1O. The summed E-state index contributed by atoms with van der Waals surface area (Å²) >= 11 is 0. The Morgan fingerprint density at radius 2 is 0.791 bits per heavy atom. The molecule has 0 aromatic rings. The zero-order valence-corrected chi connectivity index (χ0v) is 43.1. The van der Waals surface area contributed by atoms with Gasteiger partial charge in [0.2, 0.25) is 0 Å². The summed E-state index contributed by atoms with van der Waals surface area (Å²) in [6.45, 7) is 3.29. The van der Waals surface area contributed by atoms with Gasteiger partial charge in [-0.3, -0.25) is 18.6 Å². The second kappa shape index (κ2) is 43.1. The number of unbranched alkanes of at least 4 members (excludes halogenated alkanes) is 30. The number of aliphatic hydroxyl groups excluding tert-OH is 5. The Balaban J connectivity index is 2.37. The number of carbonyl (C=O) groups excluding carboxylic acids is 2. The molecule has 6 N–H and O–H groups in total. The predicted molar refractivity (Wildman–Crippen MR) is 267 cm³/mol. The maximum atomic E-state index is 12.8. The van der Waals surface area contributed by atoms with Crippen molar-refractivity contribution in [1.29, 1.82) is 0 Å². The number of ether oxygens (including phenoxy) is 2. The van der Waals surface area contributed by atoms with Gasteiger partial charge in [-0.2, -0.15) is 0 Å². The predicted octanol–water partition coefficient (Wildman–Crippen LogP) is 12.0. The normalized spacial score (nSPS) is 21.3. The molecule has 13 nitrogen and oxygen atoms in total. The minimum Gasteiger partial charge on any atom is -0.462 e. The van der Waals surface area contributed by atoms with Gasteiger partial charge < -0.3 is 39.9 Å². The molecule has 1 rings (SSSR count). The number of phosphoric ester groups is 1. The van der Waals surface area contributed by atoms with E-state index < -0.39 is 75.7 Å². The molecule has 1 saturated carbocycles. The molecule has 0 aliphatic heterocycles. The lowest BCUT2D eigenvalue weighted by Gasteiger charge is -2.41. The minimum absolute atomic E-state index is 0.0108. The Hall–Kier alpha value is -1.67. The van der Waals surface area contributed by atoms with Gasteiger partial charge in [0.15, 0.2) is 6.10 Å². The van der Waals surface area contributed by atoms with Crippen LogP contribution in [0, 0.1) is 0 Å². The van der Waals surface area contributed by atoms with E-state index in [2.05, 4.69) is 26.0 Å². The standard InChI is InChI=1S/C53H99O13P/c1-3-5-7-9-11-13-15-17-19-20-21-22-23-24-25-26-28-29-31-33-35-37-39-41-46(54)63-43-45(44-64-67(61,62)66-53-51(59)49(57)48(56)50(58)52(53)60)65-47(55)42-40-38-36-34-32-30-27-18-16-14-12-10-8-6-4-2/h33,35-36,38,45,48-53,56-60H,3-32,34,37,39-44H2,1-2H3,(H,61,62)/b35-33+,38-36+/t45-,48?,49-,50?,51?,52?,53?/m0/s1. The zero-order valence-electron chi connectivity index (χ0n) is 42.2. The van der Waals surface area contributed by atoms with Crippen molar-refractivity contribution in [2.75, 3.05) is 13.2 Å². The van der Waals surface area contributed by atoms with E-state index in [0.717, 1.165) is 25.7 Å². The van der Waals surface area contributed by atoms with Crippen LogP contribution in [0.15, 0.2) is 24.3 Å². The van der Waals surface area contributed by atoms with Gasteiger partial charge in [-0.1, -0.05) is 212 Å². The van der Waals surface area contributed by atoms with E-state index in [0.29, 0.717) is 19.3 Å². The third-order valence-corrected chi connectivity index (χ3v) is 13.8. The van der Waals surface area contributed by atoms with E-state index >= 15 is 0 Å². The number of hydrogen-bond acceptors (Lipinski definition) is 12. The Morgan fingerprint density at radius 1 is 0.448 bits per heavy atom. The fourth-order valence-corrected chi connectivity index (χ4v) is 9.40. The first kappa shape index (κ1) is 63.3. The van der Waals surface area contributed by atoms with Gasteiger partial charge in [0.1, 0.15) is 43.2 Å². The van der Waals surface area contributed by atoms with Gasteiger partial charge in [0.05, 0.1) is 6.61 Å². The molecule has 1 fully saturated rings. The number of aliphatic hydroxyl groups is 5. The number of allylic oxidation sites excluding steroid dienone is 4. The molecule has 67 heavy (non-hydrogen) atoms. The highest BCUT2D eigenvalue weighted by atomic mass is 31.2. The van der Waals surface area contributed by atoms with E-state index in [1.165, 1.54) is 173 Å². The Morgan fingerprint density at radius 3 is 1.19 bits per heavy atom. The average molecular weight is 975 g/mol. The topological polar surface area (TPSA) is 210 Å². The van der Waals surface area contributed by atoms with Crippen LogP contribution in [-0.4, -0.2) is 98.3 Å². The Bertz CT molecular complexity index is 1270. The van der Waals surface area contributed by atoms with Crippen LogP contribution in [0.4, 0.5) is 0 Å². The summed E-state index contributed by atoms with van der Waals surface area (Å²) in [4.78, 5) is 35.8. The lowest BCUT2D eigenvalue weighted by Crippen LogP contribution is -2.64. The highest BCUT2D eigenvalue weighted by Crippen LogP contribution is 2.47. The molecule has 0 amide bonds. The molecule has 0 radical (unpaired) electrons. The summed E-state index contributed by atoms with van der Waals surface area (Å²) in [5.74, 6) is -1.18. The highest BCUT2D eigenvalue weighted by molar-refractivity contribution is 7.47. The molecule has 0 aromatic heterocycles. The van der Waals surface area contributed by atoms with Crippen LogP contribution in [0.5, 0.6) is 0 Å². The molecule has 0 aromatic carbocycles. The number of esters is 2. The first-order valence-corrected chi connectivity index (χ1v) is 28.6. The summed E-state index contributed by atoms with van der Waals surface area (Å²) in [6.07, 6.45) is 36.9. The summed E-state index contributed by atoms with van der Waals surface area (Å²) in [5.41, 5.74) is 0. The van der Waals surface area contributed by atoms with Gasteiger partial charge in [-0.15, -0.1) is 0 Å². The van der Waals surface area contributed by atoms with Crippen LogP contribution in [0.25, 0.3) is 0 Å². The first-order chi connectivity index (χ1) is 32.4. The third-order valence-electron chi connectivity index (χ3n) is 12.8. The fourth-order valence-electron chi connectivity index (χ4n) is 8.43. The monoisotopic (exact) mass is 975 g/mol. The van der Waals surface area contributed by atoms with E-state index in [-0.39, 0.29) is 12.8 Å². The fraction of sp³-hybridized carbons (Fsp3) is 0.887. The minimum atomic E-state index is -5.13. The van der Waals surface area contributed by atoms with Crippen molar-refractivity contribution in [2.24, 2.45) is 0 Å². The van der Waals surface area contributed by atoms with Crippen LogP contribution in [0.2, 0.25) is 0 Å². The maximum absolute atomic E-state index is 12.8. The van der Waals surface area contributed by atoms with Crippen molar-refractivity contribution in [3.63, 3.8) is 0 Å².